The van der Waals surface area contributed by atoms with Crippen LogP contribution in [0.1, 0.15) is 113 Å². The summed E-state index contributed by atoms with van der Waals surface area (Å²) in [5.74, 6) is 2.77. The third kappa shape index (κ3) is 5.33. The second-order valence-electron chi connectivity index (χ2n) is 11.2. The van der Waals surface area contributed by atoms with Crippen LogP contribution in [0.3, 0.4) is 0 Å². The third-order valence-corrected chi connectivity index (χ3v) is 9.53. The van der Waals surface area contributed by atoms with Crippen molar-refractivity contribution in [2.45, 2.75) is 115 Å². The Morgan fingerprint density at radius 3 is 2.43 bits per heavy atom. The molecular weight excluding hydrogens is 461 g/mol. The Morgan fingerprint density at radius 1 is 1.09 bits per heavy atom. The van der Waals surface area contributed by atoms with Gasteiger partial charge >= 0.3 is 0 Å². The first kappa shape index (κ1) is 24.9. The zero-order valence-corrected chi connectivity index (χ0v) is 22.2. The van der Waals surface area contributed by atoms with Crippen molar-refractivity contribution in [2.24, 2.45) is 5.92 Å². The summed E-state index contributed by atoms with van der Waals surface area (Å²) in [5, 5.41) is 12.0. The van der Waals surface area contributed by atoms with E-state index in [1.807, 2.05) is 6.07 Å². The molecule has 1 amide bonds. The summed E-state index contributed by atoms with van der Waals surface area (Å²) >= 11 is 1.18. The number of thiophene rings is 1. The average Bonchev–Trinajstić information content (AvgIpc) is 3.52. The predicted molar refractivity (Wildman–Crippen MR) is 137 cm³/mol. The molecule has 2 aromatic rings. The minimum absolute atomic E-state index is 0.108. The van der Waals surface area contributed by atoms with Crippen LogP contribution in [0.15, 0.2) is 12.1 Å². The Bertz CT molecular complexity index is 999. The number of aromatic nitrogens is 3. The molecule has 2 aliphatic heterocycles. The van der Waals surface area contributed by atoms with Gasteiger partial charge in [0.25, 0.3) is 0 Å². The third-order valence-electron chi connectivity index (χ3n) is 8.54. The van der Waals surface area contributed by atoms with Crippen molar-refractivity contribution in [1.29, 1.82) is 0 Å². The molecule has 3 aliphatic rings. The van der Waals surface area contributed by atoms with Crippen LogP contribution in [0.2, 0.25) is 0 Å². The SMILES string of the molecule is Cc1nnc(C(C)C)n1C1C[C@@H]2CC[C@@H](C1)N2CC[C@H](NC(=O)C1CCCCC1)c1ccc(F)s1. The number of amides is 1. The smallest absolute Gasteiger partial charge is 0.223 e. The molecule has 1 aliphatic carbocycles. The summed E-state index contributed by atoms with van der Waals surface area (Å²) in [6.45, 7) is 7.40. The Kier molecular flexibility index (Phi) is 7.58. The maximum atomic E-state index is 13.9. The van der Waals surface area contributed by atoms with E-state index < -0.39 is 0 Å². The van der Waals surface area contributed by atoms with Crippen molar-refractivity contribution in [3.63, 3.8) is 0 Å². The minimum Gasteiger partial charge on any atom is -0.348 e. The average molecular weight is 502 g/mol. The van der Waals surface area contributed by atoms with Gasteiger partial charge in [-0.25, -0.2) is 0 Å². The number of carbonyl (C=O) groups is 1. The highest BCUT2D eigenvalue weighted by Crippen LogP contribution is 2.42. The highest BCUT2D eigenvalue weighted by molar-refractivity contribution is 7.10. The maximum absolute atomic E-state index is 13.9. The quantitative estimate of drug-likeness (QED) is 0.489. The summed E-state index contributed by atoms with van der Waals surface area (Å²) in [6, 6.07) is 4.84. The van der Waals surface area contributed by atoms with Crippen molar-refractivity contribution < 1.29 is 9.18 Å². The van der Waals surface area contributed by atoms with E-state index in [0.717, 1.165) is 68.0 Å². The van der Waals surface area contributed by atoms with Crippen molar-refractivity contribution in [3.8, 4) is 0 Å². The van der Waals surface area contributed by atoms with E-state index in [9.17, 15) is 9.18 Å². The van der Waals surface area contributed by atoms with Gasteiger partial charge in [-0.05, 0) is 64.0 Å². The van der Waals surface area contributed by atoms with Crippen LogP contribution in [0, 0.1) is 18.0 Å². The fourth-order valence-electron chi connectivity index (χ4n) is 6.79. The van der Waals surface area contributed by atoms with Crippen molar-refractivity contribution >= 4 is 17.2 Å². The number of nitrogens with one attached hydrogen (secondary N) is 1. The number of halogens is 1. The Hall–Kier alpha value is -1.80. The first-order valence-corrected chi connectivity index (χ1v) is 14.4. The van der Waals surface area contributed by atoms with Crippen LogP contribution >= 0.6 is 11.3 Å². The molecule has 35 heavy (non-hydrogen) atoms. The summed E-state index contributed by atoms with van der Waals surface area (Å²) in [6.07, 6.45) is 11.0. The molecule has 3 atom stereocenters. The molecule has 0 spiro atoms. The van der Waals surface area contributed by atoms with Crippen molar-refractivity contribution in [2.75, 3.05) is 6.54 Å². The molecule has 4 heterocycles. The fourth-order valence-corrected chi connectivity index (χ4v) is 7.60. The monoisotopic (exact) mass is 501 g/mol. The largest absolute Gasteiger partial charge is 0.348 e. The van der Waals surface area contributed by atoms with Gasteiger partial charge in [0.2, 0.25) is 5.91 Å². The van der Waals surface area contributed by atoms with Crippen molar-refractivity contribution in [3.05, 3.63) is 33.8 Å². The van der Waals surface area contributed by atoms with Gasteiger partial charge in [-0.3, -0.25) is 9.69 Å². The molecule has 0 aromatic carbocycles. The highest BCUT2D eigenvalue weighted by atomic mass is 32.1. The first-order valence-electron chi connectivity index (χ1n) is 13.6. The van der Waals surface area contributed by atoms with Gasteiger partial charge in [-0.2, -0.15) is 4.39 Å². The number of nitrogens with zero attached hydrogens (tertiary/aromatic N) is 4. The van der Waals surface area contributed by atoms with E-state index in [4.69, 9.17) is 0 Å². The van der Waals surface area contributed by atoms with Crippen LogP contribution in [-0.4, -0.2) is 44.2 Å². The molecule has 6 nitrogen and oxygen atoms in total. The first-order chi connectivity index (χ1) is 16.9. The van der Waals surface area contributed by atoms with Crippen LogP contribution in [0.5, 0.6) is 0 Å². The molecule has 2 bridgehead atoms. The molecule has 5 rings (SSSR count). The molecule has 8 heteroatoms. The van der Waals surface area contributed by atoms with Crippen LogP contribution in [0.25, 0.3) is 0 Å². The molecular formula is C27H40FN5OS. The topological polar surface area (TPSA) is 63.1 Å². The Morgan fingerprint density at radius 2 is 1.80 bits per heavy atom. The number of piperidine rings is 1. The Labute approximate surface area is 212 Å². The van der Waals surface area contributed by atoms with Gasteiger partial charge in [-0.1, -0.05) is 33.1 Å². The molecule has 1 saturated carbocycles. The molecule has 2 saturated heterocycles. The van der Waals surface area contributed by atoms with Gasteiger partial charge in [-0.15, -0.1) is 21.5 Å². The van der Waals surface area contributed by atoms with Gasteiger partial charge < -0.3 is 9.88 Å². The standard InChI is InChI=1S/C27H40FN5OS/c1-17(2)26-31-30-18(3)33(26)22-15-20-9-10-21(16-22)32(20)14-13-23(24-11-12-25(28)35-24)29-27(34)19-7-5-4-6-8-19/h11-12,17,19-23H,4-10,13-16H2,1-3H3,(H,29,34)/t20-,21-,23-/m0/s1. The molecule has 3 fully saturated rings. The Balaban J connectivity index is 1.25. The predicted octanol–water partition coefficient (Wildman–Crippen LogP) is 5.91. The lowest BCUT2D eigenvalue weighted by atomic mass is 9.88. The summed E-state index contributed by atoms with van der Waals surface area (Å²) in [5.41, 5.74) is 0. The van der Waals surface area contributed by atoms with Crippen LogP contribution in [0.4, 0.5) is 4.39 Å². The number of hydrogen-bond donors (Lipinski definition) is 1. The highest BCUT2D eigenvalue weighted by Gasteiger charge is 2.42. The van der Waals surface area contributed by atoms with E-state index in [1.165, 1.54) is 36.7 Å². The van der Waals surface area contributed by atoms with Gasteiger partial charge in [0.15, 0.2) is 5.13 Å². The number of carbonyl (C=O) groups excluding carboxylic acids is 1. The number of rotatable bonds is 8. The van der Waals surface area contributed by atoms with E-state index in [0.29, 0.717) is 24.0 Å². The molecule has 192 valence electrons. The number of aryl methyl sites for hydroxylation is 1. The molecule has 2 aromatic heterocycles. The zero-order chi connectivity index (χ0) is 24.5. The van der Waals surface area contributed by atoms with Gasteiger partial charge in [0.05, 0.1) is 6.04 Å². The number of hydrogen-bond acceptors (Lipinski definition) is 5. The second-order valence-corrected chi connectivity index (χ2v) is 12.3. The van der Waals surface area contributed by atoms with Crippen LogP contribution in [-0.2, 0) is 4.79 Å². The normalized spacial score (nSPS) is 26.4. The molecule has 0 radical (unpaired) electrons. The summed E-state index contributed by atoms with van der Waals surface area (Å²) in [7, 11) is 0. The van der Waals surface area contributed by atoms with Gasteiger partial charge in [0.1, 0.15) is 11.6 Å². The lowest BCUT2D eigenvalue weighted by Gasteiger charge is -2.40. The second kappa shape index (κ2) is 10.7. The lowest BCUT2D eigenvalue weighted by Crippen LogP contribution is -2.45. The summed E-state index contributed by atoms with van der Waals surface area (Å²) < 4.78 is 16.3. The van der Waals surface area contributed by atoms with Gasteiger partial charge in [0, 0.05) is 41.4 Å². The molecule has 0 unspecified atom stereocenters. The minimum atomic E-state index is -0.178. The van der Waals surface area contributed by atoms with E-state index >= 15 is 0 Å². The number of fused-ring (bicyclic) bond motifs is 2. The van der Waals surface area contributed by atoms with E-state index in [2.05, 4.69) is 45.8 Å². The summed E-state index contributed by atoms with van der Waals surface area (Å²) in [4.78, 5) is 16.7. The molecule has 1 N–H and O–H groups in total. The maximum Gasteiger partial charge on any atom is 0.223 e. The zero-order valence-electron chi connectivity index (χ0n) is 21.4. The van der Waals surface area contributed by atoms with E-state index in [1.54, 1.807) is 0 Å². The van der Waals surface area contributed by atoms with Crippen LogP contribution < -0.4 is 5.32 Å². The van der Waals surface area contributed by atoms with E-state index in [-0.39, 0.29) is 23.0 Å². The lowest BCUT2D eigenvalue weighted by molar-refractivity contribution is -0.126. The fraction of sp³-hybridized carbons (Fsp3) is 0.741. The van der Waals surface area contributed by atoms with Crippen molar-refractivity contribution in [1.82, 2.24) is 25.0 Å².